The van der Waals surface area contributed by atoms with Gasteiger partial charge in [0.2, 0.25) is 0 Å². The van der Waals surface area contributed by atoms with E-state index in [1.807, 2.05) is 0 Å². The summed E-state index contributed by atoms with van der Waals surface area (Å²) in [5.41, 5.74) is 11.0. The zero-order valence-electron chi connectivity index (χ0n) is 25.8. The topological polar surface area (TPSA) is 0 Å². The molecule has 0 nitrogen and oxygen atoms in total. The van der Waals surface area contributed by atoms with Gasteiger partial charge in [-0.15, -0.1) is 0 Å². The van der Waals surface area contributed by atoms with Crippen molar-refractivity contribution >= 4 is 43.1 Å². The van der Waals surface area contributed by atoms with E-state index in [-0.39, 0.29) is 5.41 Å². The van der Waals surface area contributed by atoms with Gasteiger partial charge in [-0.2, -0.15) is 0 Å². The minimum absolute atomic E-state index is 0.0442. The van der Waals surface area contributed by atoms with Crippen LogP contribution in [-0.4, -0.2) is 0 Å². The molecule has 0 unspecified atom stereocenters. The average Bonchev–Trinajstić information content (AvgIpc) is 3.37. The van der Waals surface area contributed by atoms with Crippen molar-refractivity contribution in [2.75, 3.05) is 0 Å². The Kier molecular flexibility index (Phi) is 5.77. The van der Waals surface area contributed by atoms with E-state index >= 15 is 0 Å². The summed E-state index contributed by atoms with van der Waals surface area (Å²) in [6.07, 6.45) is 2.12. The minimum atomic E-state index is -0.0442. The summed E-state index contributed by atoms with van der Waals surface area (Å²) in [5, 5.41) is 10.4. The molecule has 0 amide bonds. The molecule has 0 N–H and O–H groups in total. The van der Waals surface area contributed by atoms with E-state index in [1.165, 1.54) is 87.6 Å². The Morgan fingerprint density at radius 1 is 0.378 bits per heavy atom. The molecule has 0 spiro atoms. The van der Waals surface area contributed by atoms with Crippen molar-refractivity contribution in [1.82, 2.24) is 0 Å². The van der Waals surface area contributed by atoms with Gasteiger partial charge in [-0.05, 0) is 125 Å². The summed E-state index contributed by atoms with van der Waals surface area (Å²) >= 11 is 0. The van der Waals surface area contributed by atoms with Gasteiger partial charge < -0.3 is 0 Å². The minimum Gasteiger partial charge on any atom is -0.0642 e. The van der Waals surface area contributed by atoms with Crippen molar-refractivity contribution in [2.24, 2.45) is 0 Å². The van der Waals surface area contributed by atoms with Crippen molar-refractivity contribution in [3.63, 3.8) is 0 Å². The molecule has 45 heavy (non-hydrogen) atoms. The number of benzene rings is 8. The van der Waals surface area contributed by atoms with Gasteiger partial charge in [0, 0.05) is 5.41 Å². The Bertz CT molecular complexity index is 2180. The van der Waals surface area contributed by atoms with Crippen LogP contribution in [0.2, 0.25) is 0 Å². The van der Waals surface area contributed by atoms with Crippen LogP contribution >= 0.6 is 0 Å². The van der Waals surface area contributed by atoms with Gasteiger partial charge in [-0.25, -0.2) is 0 Å². The van der Waals surface area contributed by atoms with E-state index in [4.69, 9.17) is 0 Å². The van der Waals surface area contributed by atoms with Gasteiger partial charge in [0.1, 0.15) is 0 Å². The summed E-state index contributed by atoms with van der Waals surface area (Å²) in [5.74, 6) is 0. The molecule has 8 aromatic carbocycles. The zero-order valence-corrected chi connectivity index (χ0v) is 25.8. The van der Waals surface area contributed by atoms with Crippen LogP contribution in [0.25, 0.3) is 76.5 Å². The van der Waals surface area contributed by atoms with Crippen LogP contribution in [0.3, 0.4) is 0 Å². The molecule has 9 rings (SSSR count). The summed E-state index contributed by atoms with van der Waals surface area (Å²) in [4.78, 5) is 0. The summed E-state index contributed by atoms with van der Waals surface area (Å²) in [6, 6.07) is 54.7. The molecule has 214 valence electrons. The second-order valence-corrected chi connectivity index (χ2v) is 12.7. The molecule has 0 aromatic heterocycles. The SMILES string of the molecule is CCC1(CC)c2cc(-c3c4ccccc4cc4ccccc34)ccc2-c2ccc(-c3c4ccccc4cc4ccccc34)cc21. The Hall–Kier alpha value is -5.20. The third kappa shape index (κ3) is 3.72. The van der Waals surface area contributed by atoms with E-state index in [1.54, 1.807) is 0 Å². The predicted octanol–water partition coefficient (Wildman–Crippen LogP) is 12.7. The van der Waals surface area contributed by atoms with E-state index in [2.05, 4.69) is 159 Å². The number of fused-ring (bicyclic) bond motifs is 7. The number of rotatable bonds is 4. The van der Waals surface area contributed by atoms with Gasteiger partial charge in [0.05, 0.1) is 0 Å². The molecule has 1 aliphatic carbocycles. The monoisotopic (exact) mass is 574 g/mol. The molecule has 0 saturated carbocycles. The van der Waals surface area contributed by atoms with Crippen molar-refractivity contribution in [2.45, 2.75) is 32.1 Å². The Morgan fingerprint density at radius 3 is 1.04 bits per heavy atom. The van der Waals surface area contributed by atoms with Crippen LogP contribution in [0, 0.1) is 0 Å². The largest absolute Gasteiger partial charge is 0.0642 e. The quantitative estimate of drug-likeness (QED) is 0.183. The first-order chi connectivity index (χ1) is 22.2. The van der Waals surface area contributed by atoms with Crippen LogP contribution in [-0.2, 0) is 5.41 Å². The van der Waals surface area contributed by atoms with Gasteiger partial charge in [-0.3, -0.25) is 0 Å². The van der Waals surface area contributed by atoms with Gasteiger partial charge >= 0.3 is 0 Å². The molecule has 0 bridgehead atoms. The van der Waals surface area contributed by atoms with Crippen molar-refractivity contribution < 1.29 is 0 Å². The fourth-order valence-electron chi connectivity index (χ4n) is 8.47. The van der Waals surface area contributed by atoms with Gasteiger partial charge in [0.15, 0.2) is 0 Å². The Morgan fingerprint density at radius 2 is 0.711 bits per heavy atom. The third-order valence-electron chi connectivity index (χ3n) is 10.7. The predicted molar refractivity (Wildman–Crippen MR) is 194 cm³/mol. The molecular weight excluding hydrogens is 540 g/mol. The highest BCUT2D eigenvalue weighted by atomic mass is 14.4. The molecule has 0 fully saturated rings. The smallest absolute Gasteiger partial charge is 0.0210 e. The van der Waals surface area contributed by atoms with Crippen molar-refractivity contribution in [3.8, 4) is 33.4 Å². The van der Waals surface area contributed by atoms with Gasteiger partial charge in [0.25, 0.3) is 0 Å². The summed E-state index contributed by atoms with van der Waals surface area (Å²) < 4.78 is 0. The highest BCUT2D eigenvalue weighted by Crippen LogP contribution is 2.55. The third-order valence-corrected chi connectivity index (χ3v) is 10.7. The molecule has 0 heteroatoms. The van der Waals surface area contributed by atoms with Crippen LogP contribution in [0.5, 0.6) is 0 Å². The zero-order chi connectivity index (χ0) is 30.1. The molecule has 8 aromatic rings. The van der Waals surface area contributed by atoms with Gasteiger partial charge in [-0.1, -0.05) is 135 Å². The maximum Gasteiger partial charge on any atom is 0.0210 e. The molecule has 0 saturated heterocycles. The highest BCUT2D eigenvalue weighted by Gasteiger charge is 2.41. The van der Waals surface area contributed by atoms with E-state index in [0.29, 0.717) is 0 Å². The first-order valence-electron chi connectivity index (χ1n) is 16.3. The molecule has 0 atom stereocenters. The summed E-state index contributed by atoms with van der Waals surface area (Å²) in [7, 11) is 0. The van der Waals surface area contributed by atoms with Crippen LogP contribution in [0.15, 0.2) is 146 Å². The fourth-order valence-corrected chi connectivity index (χ4v) is 8.47. The van der Waals surface area contributed by atoms with Crippen LogP contribution in [0.1, 0.15) is 37.8 Å². The summed E-state index contributed by atoms with van der Waals surface area (Å²) in [6.45, 7) is 4.75. The van der Waals surface area contributed by atoms with Crippen LogP contribution in [0.4, 0.5) is 0 Å². The maximum atomic E-state index is 2.53. The lowest BCUT2D eigenvalue weighted by atomic mass is 9.72. The average molecular weight is 575 g/mol. The second-order valence-electron chi connectivity index (χ2n) is 12.7. The van der Waals surface area contributed by atoms with E-state index < -0.39 is 0 Å². The lowest BCUT2D eigenvalue weighted by molar-refractivity contribution is 0.491. The Balaban J connectivity index is 1.29. The molecular formula is C45H34. The second kappa shape index (κ2) is 9.91. The fraction of sp³-hybridized carbons (Fsp3) is 0.111. The lowest BCUT2D eigenvalue weighted by Gasteiger charge is -2.30. The standard InChI is InChI=1S/C45H34/c1-3-45(4-2)41-27-33(43-35-17-9-5-13-29(35)25-30-14-6-10-18-36(30)43)21-23-39(41)40-24-22-34(28-42(40)45)44-37-19-11-7-15-31(37)26-32-16-8-12-20-38(32)44/h5-28H,3-4H2,1-2H3. The Labute approximate surface area is 264 Å². The highest BCUT2D eigenvalue weighted by molar-refractivity contribution is 6.14. The van der Waals surface area contributed by atoms with Crippen molar-refractivity contribution in [3.05, 3.63) is 157 Å². The molecule has 0 heterocycles. The van der Waals surface area contributed by atoms with E-state index in [0.717, 1.165) is 12.8 Å². The maximum absolute atomic E-state index is 2.53. The van der Waals surface area contributed by atoms with Crippen molar-refractivity contribution in [1.29, 1.82) is 0 Å². The molecule has 0 aliphatic heterocycles. The normalized spacial score (nSPS) is 13.5. The molecule has 1 aliphatic rings. The molecule has 0 radical (unpaired) electrons. The first kappa shape index (κ1) is 26.2. The van der Waals surface area contributed by atoms with E-state index in [9.17, 15) is 0 Å². The first-order valence-corrected chi connectivity index (χ1v) is 16.3. The number of hydrogen-bond acceptors (Lipinski definition) is 0. The number of hydrogen-bond donors (Lipinski definition) is 0. The lowest BCUT2D eigenvalue weighted by Crippen LogP contribution is -2.23. The van der Waals surface area contributed by atoms with Crippen LogP contribution < -0.4 is 0 Å².